The minimum Gasteiger partial charge on any atom is -0.657 e. The third kappa shape index (κ3) is 6.87. The van der Waals surface area contributed by atoms with Gasteiger partial charge in [0.25, 0.3) is 0 Å². The van der Waals surface area contributed by atoms with Crippen molar-refractivity contribution in [2.24, 2.45) is 0 Å². The summed E-state index contributed by atoms with van der Waals surface area (Å²) in [5.41, 5.74) is -14.0. The Labute approximate surface area is 378 Å². The minimum atomic E-state index is -2.64. The van der Waals surface area contributed by atoms with Gasteiger partial charge in [-0.25, -0.2) is 75.8 Å². The van der Waals surface area contributed by atoms with Crippen molar-refractivity contribution in [1.82, 2.24) is 19.9 Å². The minimum absolute atomic E-state index is 0. The average Bonchev–Trinajstić information content (AvgIpc) is 4.14. The van der Waals surface area contributed by atoms with E-state index in [9.17, 15) is 39.5 Å². The molecule has 0 fully saturated rings. The second-order valence-corrected chi connectivity index (χ2v) is 14.6. The van der Waals surface area contributed by atoms with Crippen LogP contribution in [0.1, 0.15) is 22.8 Å². The standard InChI is InChI=1S/C44H11Cl2F15N4.Cu/c45-12-2-1-3-13(46)22(12)23-14-4-6-16(62-14)24(27-30(47)36(53)42(59)37(54)31(27)48)18-8-10-20(64-18)26(29-34(51)40(57)44(61)41(58)35(29)52)21-11-9-19(65-21)25(17-7-5-15(23)63-17)28-32(49)38(55)43(60)39(56)33(28)50;/h1-11H;/q-2;+2. The van der Waals surface area contributed by atoms with Gasteiger partial charge in [-0.1, -0.05) is 53.5 Å². The van der Waals surface area contributed by atoms with Crippen molar-refractivity contribution >= 4 is 69.6 Å². The van der Waals surface area contributed by atoms with E-state index in [1.165, 1.54) is 18.2 Å². The molecule has 2 aliphatic rings. The van der Waals surface area contributed by atoms with Crippen molar-refractivity contribution in [2.75, 3.05) is 0 Å². The van der Waals surface area contributed by atoms with Crippen molar-refractivity contribution in [3.05, 3.63) is 163 Å². The summed E-state index contributed by atoms with van der Waals surface area (Å²) in [6, 6.07) is 7.63. The summed E-state index contributed by atoms with van der Waals surface area (Å²) in [6.07, 6.45) is 3.58. The number of nitrogens with zero attached hydrogens (tertiary/aromatic N) is 4. The van der Waals surface area contributed by atoms with Crippen molar-refractivity contribution in [2.45, 2.75) is 0 Å². The fourth-order valence-corrected chi connectivity index (χ4v) is 7.91. The number of fused-ring (bicyclic) bond motifs is 8. The molecule has 22 heteroatoms. The Balaban J connectivity index is 0.00000592. The van der Waals surface area contributed by atoms with Crippen LogP contribution in [0, 0.1) is 87.3 Å². The molecule has 0 atom stereocenters. The summed E-state index contributed by atoms with van der Waals surface area (Å²) in [4.78, 5) is 16.9. The second-order valence-electron chi connectivity index (χ2n) is 13.8. The fraction of sp³-hybridized carbons (Fsp3) is 0. The molecule has 4 nitrogen and oxygen atoms in total. The summed E-state index contributed by atoms with van der Waals surface area (Å²) in [5, 5.41) is -0.269. The number of halogens is 17. The van der Waals surface area contributed by atoms with E-state index in [1.807, 2.05) is 0 Å². The molecule has 0 saturated heterocycles. The molecule has 66 heavy (non-hydrogen) atoms. The van der Waals surface area contributed by atoms with Crippen LogP contribution in [0.2, 0.25) is 10.0 Å². The Morgan fingerprint density at radius 1 is 0.288 bits per heavy atom. The van der Waals surface area contributed by atoms with Crippen LogP contribution in [-0.4, -0.2) is 9.97 Å². The summed E-state index contributed by atoms with van der Waals surface area (Å²) < 4.78 is 228. The van der Waals surface area contributed by atoms with E-state index in [4.69, 9.17) is 23.2 Å². The van der Waals surface area contributed by atoms with Gasteiger partial charge in [-0.2, -0.15) is 0 Å². The average molecular weight is 1020 g/mol. The van der Waals surface area contributed by atoms with Gasteiger partial charge in [0.15, 0.2) is 69.8 Å². The maximum Gasteiger partial charge on any atom is 2.00 e. The van der Waals surface area contributed by atoms with Crippen LogP contribution in [0.4, 0.5) is 65.9 Å². The molecule has 4 aromatic carbocycles. The number of rotatable bonds is 4. The van der Waals surface area contributed by atoms with Crippen LogP contribution < -0.4 is 9.97 Å². The Morgan fingerprint density at radius 2 is 0.500 bits per heavy atom. The SMILES string of the molecule is Fc1c(F)c(F)c(-c2c3nc(c(-c4c(F)c(F)c(F)c(F)c4F)c4ccc([n-]4)c(-c4c(F)c(F)c(F)c(F)c4F)c4nc(c(-c5c(Cl)cccc5Cl)c5ccc2[n-]5)C=C4)C=C3)c(F)c1F.[Cu+2]. The van der Waals surface area contributed by atoms with E-state index >= 15 is 26.3 Å². The molecule has 3 aromatic heterocycles. The molecular formula is C44H11Cl2CuF15N4. The molecule has 2 aliphatic heterocycles. The molecule has 8 bridgehead atoms. The van der Waals surface area contributed by atoms with Crippen LogP contribution in [0.3, 0.4) is 0 Å². The summed E-state index contributed by atoms with van der Waals surface area (Å²) in [5.74, 6) is -37.4. The van der Waals surface area contributed by atoms with Crippen molar-refractivity contribution < 1.29 is 82.9 Å². The molecule has 0 spiro atoms. The zero-order valence-corrected chi connectivity index (χ0v) is 33.8. The zero-order valence-electron chi connectivity index (χ0n) is 31.4. The number of aromatic nitrogens is 4. The Morgan fingerprint density at radius 3 is 0.742 bits per heavy atom. The fourth-order valence-electron chi connectivity index (χ4n) is 7.32. The quantitative estimate of drug-likeness (QED) is 0.0763. The Kier molecular flexibility index (Phi) is 11.7. The van der Waals surface area contributed by atoms with Crippen molar-refractivity contribution in [1.29, 1.82) is 0 Å². The van der Waals surface area contributed by atoms with Gasteiger partial charge in [0, 0.05) is 15.6 Å². The first-order valence-corrected chi connectivity index (χ1v) is 18.6. The predicted octanol–water partition coefficient (Wildman–Crippen LogP) is 14.0. The largest absolute Gasteiger partial charge is 2.00 e. The maximum absolute atomic E-state index is 15.8. The van der Waals surface area contributed by atoms with Crippen LogP contribution in [0.5, 0.6) is 0 Å². The van der Waals surface area contributed by atoms with Gasteiger partial charge < -0.3 is 9.97 Å². The van der Waals surface area contributed by atoms with Crippen LogP contribution >= 0.6 is 23.2 Å². The summed E-state index contributed by atoms with van der Waals surface area (Å²) in [7, 11) is 0. The normalized spacial score (nSPS) is 12.1. The number of hydrogen-bond acceptors (Lipinski definition) is 2. The topological polar surface area (TPSA) is 54.0 Å². The molecule has 0 saturated carbocycles. The van der Waals surface area contributed by atoms with Crippen molar-refractivity contribution in [3.63, 3.8) is 0 Å². The monoisotopic (exact) mass is 1010 g/mol. The number of hydrogen-bond donors (Lipinski definition) is 0. The van der Waals surface area contributed by atoms with Crippen LogP contribution in [0.25, 0.3) is 90.9 Å². The van der Waals surface area contributed by atoms with E-state index in [-0.39, 0.29) is 49.5 Å². The third-order valence-electron chi connectivity index (χ3n) is 10.2. The molecule has 9 rings (SSSR count). The van der Waals surface area contributed by atoms with Gasteiger partial charge in [-0.05, 0) is 58.7 Å². The molecule has 7 aromatic rings. The summed E-state index contributed by atoms with van der Waals surface area (Å²) >= 11 is 13.2. The smallest absolute Gasteiger partial charge is 0.657 e. The van der Waals surface area contributed by atoms with Crippen LogP contribution in [-0.2, 0) is 17.1 Å². The predicted molar refractivity (Wildman–Crippen MR) is 208 cm³/mol. The molecule has 0 N–H and O–H groups in total. The third-order valence-corrected chi connectivity index (χ3v) is 10.8. The first-order chi connectivity index (χ1) is 30.8. The van der Waals surface area contributed by atoms with Gasteiger partial charge in [0.2, 0.25) is 17.5 Å². The van der Waals surface area contributed by atoms with Crippen LogP contribution in [0.15, 0.2) is 42.5 Å². The molecule has 0 amide bonds. The van der Waals surface area contributed by atoms with Gasteiger partial charge in [0.05, 0.1) is 39.5 Å². The Bertz CT molecular complexity index is 3380. The van der Waals surface area contributed by atoms with E-state index in [1.54, 1.807) is 0 Å². The van der Waals surface area contributed by atoms with E-state index < -0.39 is 154 Å². The second kappa shape index (κ2) is 16.8. The van der Waals surface area contributed by atoms with E-state index in [2.05, 4.69) is 19.9 Å². The van der Waals surface area contributed by atoms with E-state index in [0.29, 0.717) is 0 Å². The molecular weight excluding hydrogens is 1000 g/mol. The van der Waals surface area contributed by atoms with Crippen molar-refractivity contribution in [3.8, 4) is 44.5 Å². The first-order valence-electron chi connectivity index (χ1n) is 17.9. The maximum atomic E-state index is 15.8. The summed E-state index contributed by atoms with van der Waals surface area (Å²) in [6.45, 7) is 0. The van der Waals surface area contributed by atoms with Gasteiger partial charge in [-0.15, -0.1) is 22.1 Å². The first kappa shape index (κ1) is 46.1. The van der Waals surface area contributed by atoms with Gasteiger partial charge >= 0.3 is 17.1 Å². The molecule has 0 aliphatic carbocycles. The van der Waals surface area contributed by atoms with Gasteiger partial charge in [0.1, 0.15) is 0 Å². The Hall–Kier alpha value is -6.47. The zero-order chi connectivity index (χ0) is 46.7. The van der Waals surface area contributed by atoms with Gasteiger partial charge in [-0.3, -0.25) is 0 Å². The molecule has 0 unspecified atom stereocenters. The molecule has 5 heterocycles. The molecule has 1 radical (unpaired) electrons. The number of benzene rings is 4. The van der Waals surface area contributed by atoms with E-state index in [0.717, 1.165) is 48.6 Å². The molecule has 337 valence electrons.